The SMILES string of the molecule is CN(C)S(=O)(=O)c1ccccc1CNC(=O)c1cc2ccccc2[nH]c1=O. The van der Waals surface area contributed by atoms with Gasteiger partial charge >= 0.3 is 0 Å². The predicted octanol–water partition coefficient (Wildman–Crippen LogP) is 1.71. The van der Waals surface area contributed by atoms with Gasteiger partial charge in [0.25, 0.3) is 11.5 Å². The lowest BCUT2D eigenvalue weighted by Gasteiger charge is -2.15. The maximum absolute atomic E-state index is 12.5. The quantitative estimate of drug-likeness (QED) is 0.698. The minimum atomic E-state index is -3.64. The highest BCUT2D eigenvalue weighted by molar-refractivity contribution is 7.89. The Morgan fingerprint density at radius 3 is 2.48 bits per heavy atom. The van der Waals surface area contributed by atoms with Gasteiger partial charge in [0.2, 0.25) is 10.0 Å². The molecule has 140 valence electrons. The highest BCUT2D eigenvalue weighted by Gasteiger charge is 2.21. The van der Waals surface area contributed by atoms with E-state index in [1.54, 1.807) is 36.4 Å². The number of benzene rings is 2. The Bertz CT molecular complexity index is 1170. The molecule has 7 nitrogen and oxygen atoms in total. The summed E-state index contributed by atoms with van der Waals surface area (Å²) in [5.41, 5.74) is 0.556. The van der Waals surface area contributed by atoms with Gasteiger partial charge in [-0.1, -0.05) is 36.4 Å². The Labute approximate surface area is 156 Å². The molecule has 0 saturated heterocycles. The van der Waals surface area contributed by atoms with Crippen molar-refractivity contribution in [3.05, 3.63) is 76.1 Å². The Balaban J connectivity index is 1.87. The minimum absolute atomic E-state index is 0.0195. The van der Waals surface area contributed by atoms with Crippen LogP contribution >= 0.6 is 0 Å². The molecule has 0 atom stereocenters. The van der Waals surface area contributed by atoms with E-state index in [1.807, 2.05) is 6.07 Å². The van der Waals surface area contributed by atoms with Crippen molar-refractivity contribution in [1.29, 1.82) is 0 Å². The van der Waals surface area contributed by atoms with E-state index in [0.717, 1.165) is 9.69 Å². The van der Waals surface area contributed by atoms with Crippen molar-refractivity contribution in [3.63, 3.8) is 0 Å². The van der Waals surface area contributed by atoms with Gasteiger partial charge in [-0.15, -0.1) is 0 Å². The van der Waals surface area contributed by atoms with Crippen LogP contribution in [0.1, 0.15) is 15.9 Å². The van der Waals surface area contributed by atoms with E-state index in [4.69, 9.17) is 0 Å². The van der Waals surface area contributed by atoms with Crippen molar-refractivity contribution in [3.8, 4) is 0 Å². The third-order valence-corrected chi connectivity index (χ3v) is 6.08. The van der Waals surface area contributed by atoms with Crippen molar-refractivity contribution in [2.45, 2.75) is 11.4 Å². The second-order valence-electron chi connectivity index (χ2n) is 6.18. The number of rotatable bonds is 5. The first-order valence-electron chi connectivity index (χ1n) is 8.21. The fourth-order valence-corrected chi connectivity index (χ4v) is 3.80. The van der Waals surface area contributed by atoms with Crippen LogP contribution in [0.25, 0.3) is 10.9 Å². The molecule has 27 heavy (non-hydrogen) atoms. The lowest BCUT2D eigenvalue weighted by Crippen LogP contribution is -2.30. The summed E-state index contributed by atoms with van der Waals surface area (Å²) in [5.74, 6) is -0.570. The molecule has 0 radical (unpaired) electrons. The second-order valence-corrected chi connectivity index (χ2v) is 8.30. The van der Waals surface area contributed by atoms with E-state index < -0.39 is 21.5 Å². The Morgan fingerprint density at radius 2 is 1.74 bits per heavy atom. The Morgan fingerprint density at radius 1 is 1.07 bits per heavy atom. The first-order valence-corrected chi connectivity index (χ1v) is 9.65. The van der Waals surface area contributed by atoms with Gasteiger partial charge in [0.05, 0.1) is 4.90 Å². The molecule has 3 aromatic rings. The van der Waals surface area contributed by atoms with Gasteiger partial charge in [-0.05, 0) is 29.1 Å². The number of nitrogens with zero attached hydrogens (tertiary/aromatic N) is 1. The fourth-order valence-electron chi connectivity index (χ4n) is 2.69. The zero-order chi connectivity index (χ0) is 19.6. The van der Waals surface area contributed by atoms with E-state index in [1.165, 1.54) is 26.2 Å². The van der Waals surface area contributed by atoms with Crippen LogP contribution in [0.5, 0.6) is 0 Å². The van der Waals surface area contributed by atoms with Crippen molar-refractivity contribution in [2.75, 3.05) is 14.1 Å². The molecule has 0 aliphatic carbocycles. The second kappa shape index (κ2) is 7.34. The van der Waals surface area contributed by atoms with E-state index in [-0.39, 0.29) is 17.0 Å². The van der Waals surface area contributed by atoms with Gasteiger partial charge < -0.3 is 10.3 Å². The zero-order valence-corrected chi connectivity index (χ0v) is 15.7. The number of aromatic amines is 1. The number of hydrogen-bond acceptors (Lipinski definition) is 4. The molecule has 2 N–H and O–H groups in total. The van der Waals surface area contributed by atoms with Gasteiger partial charge in [0.1, 0.15) is 5.56 Å². The van der Waals surface area contributed by atoms with Crippen LogP contribution < -0.4 is 10.9 Å². The molecule has 3 rings (SSSR count). The number of aromatic nitrogens is 1. The van der Waals surface area contributed by atoms with Crippen LogP contribution in [-0.4, -0.2) is 37.7 Å². The Kier molecular flexibility index (Phi) is 5.11. The van der Waals surface area contributed by atoms with Gasteiger partial charge in [-0.3, -0.25) is 9.59 Å². The summed E-state index contributed by atoms with van der Waals surface area (Å²) < 4.78 is 26.0. The Hall–Kier alpha value is -2.97. The van der Waals surface area contributed by atoms with Crippen LogP contribution in [0.4, 0.5) is 0 Å². The van der Waals surface area contributed by atoms with Crippen molar-refractivity contribution >= 4 is 26.8 Å². The number of carbonyl (C=O) groups excluding carboxylic acids is 1. The van der Waals surface area contributed by atoms with E-state index >= 15 is 0 Å². The highest BCUT2D eigenvalue weighted by Crippen LogP contribution is 2.18. The third kappa shape index (κ3) is 3.76. The zero-order valence-electron chi connectivity index (χ0n) is 14.9. The molecular weight excluding hydrogens is 366 g/mol. The van der Waals surface area contributed by atoms with Crippen molar-refractivity contribution in [2.24, 2.45) is 0 Å². The molecule has 1 aromatic heterocycles. The van der Waals surface area contributed by atoms with Crippen molar-refractivity contribution < 1.29 is 13.2 Å². The topological polar surface area (TPSA) is 99.3 Å². The van der Waals surface area contributed by atoms with Crippen molar-refractivity contribution in [1.82, 2.24) is 14.6 Å². The average Bonchev–Trinajstić information content (AvgIpc) is 2.65. The maximum Gasteiger partial charge on any atom is 0.261 e. The van der Waals surface area contributed by atoms with Crippen LogP contribution in [0.15, 0.2) is 64.3 Å². The largest absolute Gasteiger partial charge is 0.348 e. The minimum Gasteiger partial charge on any atom is -0.348 e. The smallest absolute Gasteiger partial charge is 0.261 e. The summed E-state index contributed by atoms with van der Waals surface area (Å²) in [6.45, 7) is -0.0195. The number of fused-ring (bicyclic) bond motifs is 1. The lowest BCUT2D eigenvalue weighted by atomic mass is 10.1. The molecule has 0 aliphatic heterocycles. The van der Waals surface area contributed by atoms with Crippen LogP contribution in [-0.2, 0) is 16.6 Å². The number of para-hydroxylation sites is 1. The molecule has 0 bridgehead atoms. The summed E-state index contributed by atoms with van der Waals surface area (Å²) in [4.78, 5) is 27.5. The lowest BCUT2D eigenvalue weighted by molar-refractivity contribution is 0.0949. The summed E-state index contributed by atoms with van der Waals surface area (Å²) in [6.07, 6.45) is 0. The number of amides is 1. The number of H-pyrrole nitrogens is 1. The number of hydrogen-bond donors (Lipinski definition) is 2. The molecule has 1 heterocycles. The number of carbonyl (C=O) groups is 1. The highest BCUT2D eigenvalue weighted by atomic mass is 32.2. The number of pyridine rings is 1. The van der Waals surface area contributed by atoms with Gasteiger partial charge in [0.15, 0.2) is 0 Å². The molecule has 2 aromatic carbocycles. The first-order chi connectivity index (χ1) is 12.8. The monoisotopic (exact) mass is 385 g/mol. The number of nitrogens with one attached hydrogen (secondary N) is 2. The molecule has 0 fully saturated rings. The van der Waals surface area contributed by atoms with Crippen LogP contribution in [0.2, 0.25) is 0 Å². The molecule has 0 unspecified atom stereocenters. The van der Waals surface area contributed by atoms with E-state index in [9.17, 15) is 18.0 Å². The van der Waals surface area contributed by atoms with Crippen LogP contribution in [0.3, 0.4) is 0 Å². The molecular formula is C19H19N3O4S. The van der Waals surface area contributed by atoms with Gasteiger partial charge in [-0.2, -0.15) is 0 Å². The normalized spacial score (nSPS) is 11.7. The van der Waals surface area contributed by atoms with Gasteiger partial charge in [-0.25, -0.2) is 12.7 Å². The predicted molar refractivity (Wildman–Crippen MR) is 103 cm³/mol. The summed E-state index contributed by atoms with van der Waals surface area (Å²) in [7, 11) is -0.755. The molecule has 8 heteroatoms. The summed E-state index contributed by atoms with van der Waals surface area (Å²) in [6, 6.07) is 15.1. The molecule has 0 saturated carbocycles. The van der Waals surface area contributed by atoms with E-state index in [2.05, 4.69) is 10.3 Å². The molecule has 0 spiro atoms. The summed E-state index contributed by atoms with van der Waals surface area (Å²) in [5, 5.41) is 3.36. The summed E-state index contributed by atoms with van der Waals surface area (Å²) >= 11 is 0. The molecule has 0 aliphatic rings. The van der Waals surface area contributed by atoms with Crippen LogP contribution in [0, 0.1) is 0 Å². The number of sulfonamides is 1. The van der Waals surface area contributed by atoms with E-state index in [0.29, 0.717) is 11.1 Å². The fraction of sp³-hybridized carbons (Fsp3) is 0.158. The molecule has 1 amide bonds. The standard InChI is InChI=1S/C19H19N3O4S/c1-22(2)27(25,26)17-10-6-4-8-14(17)12-20-18(23)15-11-13-7-3-5-9-16(13)21-19(15)24/h3-11H,12H2,1-2H3,(H,20,23)(H,21,24). The average molecular weight is 385 g/mol. The van der Waals surface area contributed by atoms with Gasteiger partial charge in [0, 0.05) is 26.2 Å². The first kappa shape index (κ1) is 18.8. The maximum atomic E-state index is 12.5. The third-order valence-electron chi connectivity index (χ3n) is 4.17.